The third-order valence-corrected chi connectivity index (χ3v) is 3.52. The molecule has 0 bridgehead atoms. The first-order valence-corrected chi connectivity index (χ1v) is 6.70. The Morgan fingerprint density at radius 1 is 1.44 bits per heavy atom. The Morgan fingerprint density at radius 3 is 3.06 bits per heavy atom. The summed E-state index contributed by atoms with van der Waals surface area (Å²) in [7, 11) is 0. The second-order valence-electron chi connectivity index (χ2n) is 3.83. The topological polar surface area (TPSA) is 45.9 Å². The van der Waals surface area contributed by atoms with Crippen LogP contribution in [0.5, 0.6) is 5.75 Å². The van der Waals surface area contributed by atoms with Crippen LogP contribution in [0.2, 0.25) is 0 Å². The Hall–Kier alpha value is -1.86. The molecule has 0 saturated carbocycles. The third-order valence-electron chi connectivity index (χ3n) is 2.56. The normalized spacial score (nSPS) is 10.0. The molecule has 0 N–H and O–H groups in total. The first-order valence-electron chi connectivity index (χ1n) is 5.88. The standard InChI is InChI=1S/C14H14N2OS/c1-2-11-4-3-5-12(8-11)17-7-6-14-16-10-13(9-15)18-14/h3-5,8,10H,2,6-7H2,1H3. The molecule has 0 fully saturated rings. The van der Waals surface area contributed by atoms with Gasteiger partial charge in [0.15, 0.2) is 0 Å². The molecule has 92 valence electrons. The molecular formula is C14H14N2OS. The lowest BCUT2D eigenvalue weighted by atomic mass is 10.2. The van der Waals surface area contributed by atoms with Crippen LogP contribution in [0.3, 0.4) is 0 Å². The van der Waals surface area contributed by atoms with Gasteiger partial charge in [-0.05, 0) is 24.1 Å². The van der Waals surface area contributed by atoms with Crippen molar-refractivity contribution in [1.82, 2.24) is 4.98 Å². The monoisotopic (exact) mass is 258 g/mol. The fourth-order valence-electron chi connectivity index (χ4n) is 1.59. The Labute approximate surface area is 111 Å². The van der Waals surface area contributed by atoms with E-state index in [4.69, 9.17) is 10.00 Å². The van der Waals surface area contributed by atoms with Crippen LogP contribution in [0.25, 0.3) is 0 Å². The van der Waals surface area contributed by atoms with Gasteiger partial charge >= 0.3 is 0 Å². The molecule has 0 aliphatic heterocycles. The van der Waals surface area contributed by atoms with E-state index >= 15 is 0 Å². The summed E-state index contributed by atoms with van der Waals surface area (Å²) >= 11 is 1.42. The molecule has 3 nitrogen and oxygen atoms in total. The Balaban J connectivity index is 1.86. The molecular weight excluding hydrogens is 244 g/mol. The Morgan fingerprint density at radius 2 is 2.33 bits per heavy atom. The van der Waals surface area contributed by atoms with Crippen molar-refractivity contribution in [2.45, 2.75) is 19.8 Å². The molecule has 4 heteroatoms. The molecule has 0 aliphatic rings. The lowest BCUT2D eigenvalue weighted by Crippen LogP contribution is -2.01. The second-order valence-corrected chi connectivity index (χ2v) is 4.94. The van der Waals surface area contributed by atoms with E-state index in [1.807, 2.05) is 12.1 Å². The van der Waals surface area contributed by atoms with Crippen LogP contribution in [0, 0.1) is 11.3 Å². The highest BCUT2D eigenvalue weighted by molar-refractivity contribution is 7.12. The molecule has 0 spiro atoms. The van der Waals surface area contributed by atoms with Gasteiger partial charge in [0.2, 0.25) is 0 Å². The van der Waals surface area contributed by atoms with Crippen molar-refractivity contribution < 1.29 is 4.74 Å². The van der Waals surface area contributed by atoms with Crippen molar-refractivity contribution >= 4 is 11.3 Å². The SMILES string of the molecule is CCc1cccc(OCCc2ncc(C#N)s2)c1. The fourth-order valence-corrected chi connectivity index (χ4v) is 2.28. The number of hydrogen-bond donors (Lipinski definition) is 0. The van der Waals surface area contributed by atoms with E-state index in [1.54, 1.807) is 6.20 Å². The minimum absolute atomic E-state index is 0.589. The first-order chi connectivity index (χ1) is 8.81. The van der Waals surface area contributed by atoms with Crippen LogP contribution in [-0.4, -0.2) is 11.6 Å². The number of aromatic nitrogens is 1. The van der Waals surface area contributed by atoms with Crippen molar-refractivity contribution in [3.8, 4) is 11.8 Å². The summed E-state index contributed by atoms with van der Waals surface area (Å²) in [5.41, 5.74) is 1.27. The minimum Gasteiger partial charge on any atom is -0.493 e. The highest BCUT2D eigenvalue weighted by atomic mass is 32.1. The molecule has 0 atom stereocenters. The number of nitriles is 1. The van der Waals surface area contributed by atoms with E-state index in [-0.39, 0.29) is 0 Å². The van der Waals surface area contributed by atoms with E-state index in [9.17, 15) is 0 Å². The molecule has 1 aromatic heterocycles. The number of thiazole rings is 1. The van der Waals surface area contributed by atoms with Crippen molar-refractivity contribution in [2.24, 2.45) is 0 Å². The second kappa shape index (κ2) is 6.18. The van der Waals surface area contributed by atoms with Gasteiger partial charge in [-0.25, -0.2) is 4.98 Å². The quantitative estimate of drug-likeness (QED) is 0.827. The molecule has 0 saturated heterocycles. The van der Waals surface area contributed by atoms with Crippen molar-refractivity contribution in [1.29, 1.82) is 5.26 Å². The maximum Gasteiger partial charge on any atom is 0.124 e. The predicted molar refractivity (Wildman–Crippen MR) is 71.8 cm³/mol. The van der Waals surface area contributed by atoms with Crippen LogP contribution >= 0.6 is 11.3 Å². The summed E-state index contributed by atoms with van der Waals surface area (Å²) in [6.07, 6.45) is 3.36. The van der Waals surface area contributed by atoms with Gasteiger partial charge in [0.1, 0.15) is 16.7 Å². The molecule has 0 aliphatic carbocycles. The van der Waals surface area contributed by atoms with E-state index < -0.39 is 0 Å². The van der Waals surface area contributed by atoms with Crippen LogP contribution in [0.15, 0.2) is 30.5 Å². The van der Waals surface area contributed by atoms with E-state index in [0.29, 0.717) is 11.5 Å². The lowest BCUT2D eigenvalue weighted by molar-refractivity contribution is 0.321. The zero-order chi connectivity index (χ0) is 12.8. The molecule has 1 aromatic carbocycles. The zero-order valence-corrected chi connectivity index (χ0v) is 11.0. The molecule has 0 unspecified atom stereocenters. The van der Waals surface area contributed by atoms with Gasteiger partial charge in [0.05, 0.1) is 17.8 Å². The minimum atomic E-state index is 0.589. The van der Waals surface area contributed by atoms with Gasteiger partial charge in [-0.3, -0.25) is 0 Å². The number of ether oxygens (including phenoxy) is 1. The predicted octanol–water partition coefficient (Wildman–Crippen LogP) is 3.20. The summed E-state index contributed by atoms with van der Waals surface area (Å²) in [6, 6.07) is 10.2. The summed E-state index contributed by atoms with van der Waals surface area (Å²) in [6.45, 7) is 2.71. The number of rotatable bonds is 5. The molecule has 2 aromatic rings. The van der Waals surface area contributed by atoms with Crippen LogP contribution in [-0.2, 0) is 12.8 Å². The molecule has 2 rings (SSSR count). The van der Waals surface area contributed by atoms with E-state index in [2.05, 4.69) is 30.1 Å². The average Bonchev–Trinajstić information content (AvgIpc) is 2.87. The fraction of sp³-hybridized carbons (Fsp3) is 0.286. The summed E-state index contributed by atoms with van der Waals surface area (Å²) in [5.74, 6) is 0.895. The largest absolute Gasteiger partial charge is 0.493 e. The van der Waals surface area contributed by atoms with Crippen LogP contribution in [0.4, 0.5) is 0 Å². The highest BCUT2D eigenvalue weighted by Gasteiger charge is 2.02. The van der Waals surface area contributed by atoms with Crippen molar-refractivity contribution in [3.63, 3.8) is 0 Å². The van der Waals surface area contributed by atoms with Crippen LogP contribution in [0.1, 0.15) is 22.4 Å². The zero-order valence-electron chi connectivity index (χ0n) is 10.2. The summed E-state index contributed by atoms with van der Waals surface area (Å²) in [5, 5.41) is 9.64. The first kappa shape index (κ1) is 12.6. The molecule has 1 heterocycles. The van der Waals surface area contributed by atoms with E-state index in [0.717, 1.165) is 23.6 Å². The summed E-state index contributed by atoms with van der Waals surface area (Å²) < 4.78 is 5.68. The number of hydrogen-bond acceptors (Lipinski definition) is 4. The average molecular weight is 258 g/mol. The third kappa shape index (κ3) is 3.31. The van der Waals surface area contributed by atoms with Crippen molar-refractivity contribution in [3.05, 3.63) is 45.9 Å². The lowest BCUT2D eigenvalue weighted by Gasteiger charge is -2.06. The number of benzene rings is 1. The smallest absolute Gasteiger partial charge is 0.124 e. The number of aryl methyl sites for hydroxylation is 1. The van der Waals surface area contributed by atoms with Crippen LogP contribution < -0.4 is 4.74 Å². The molecule has 0 radical (unpaired) electrons. The van der Waals surface area contributed by atoms with E-state index in [1.165, 1.54) is 16.9 Å². The Bertz CT molecular complexity index is 557. The van der Waals surface area contributed by atoms with Gasteiger partial charge in [0.25, 0.3) is 0 Å². The van der Waals surface area contributed by atoms with Gasteiger partial charge in [-0.2, -0.15) is 5.26 Å². The van der Waals surface area contributed by atoms with Gasteiger partial charge in [0, 0.05) is 6.42 Å². The van der Waals surface area contributed by atoms with Crippen molar-refractivity contribution in [2.75, 3.05) is 6.61 Å². The highest BCUT2D eigenvalue weighted by Crippen LogP contribution is 2.15. The van der Waals surface area contributed by atoms with Gasteiger partial charge < -0.3 is 4.74 Å². The maximum atomic E-state index is 8.70. The van der Waals surface area contributed by atoms with Gasteiger partial charge in [-0.1, -0.05) is 19.1 Å². The molecule has 18 heavy (non-hydrogen) atoms. The Kier molecular flexibility index (Phi) is 4.32. The maximum absolute atomic E-state index is 8.70. The number of nitrogens with zero attached hydrogens (tertiary/aromatic N) is 2. The van der Waals surface area contributed by atoms with Gasteiger partial charge in [-0.15, -0.1) is 11.3 Å². The molecule has 0 amide bonds. The summed E-state index contributed by atoms with van der Waals surface area (Å²) in [4.78, 5) is 4.82.